The Bertz CT molecular complexity index is 1920. The molecule has 0 radical (unpaired) electrons. The molecule has 1 unspecified atom stereocenters. The van der Waals surface area contributed by atoms with Crippen molar-refractivity contribution in [2.45, 2.75) is 86.5 Å². The predicted molar refractivity (Wildman–Crippen MR) is 234 cm³/mol. The first kappa shape index (κ1) is 47.5. The number of nitrogens with zero attached hydrogens (tertiary/aromatic N) is 1. The molecule has 0 aliphatic heterocycles. The Morgan fingerprint density at radius 1 is 0.717 bits per heavy atom. The molecular formula is C46H60N3O10P. The number of benzene rings is 4. The second-order valence-corrected chi connectivity index (χ2v) is 17.1. The Balaban J connectivity index is 1.32. The summed E-state index contributed by atoms with van der Waals surface area (Å²) < 4.78 is 45.9. The van der Waals surface area contributed by atoms with Crippen molar-refractivity contribution in [2.24, 2.45) is 11.8 Å². The lowest BCUT2D eigenvalue weighted by Crippen LogP contribution is -2.32. The molecule has 2 N–H and O–H groups in total. The third-order valence-electron chi connectivity index (χ3n) is 9.07. The van der Waals surface area contributed by atoms with Crippen molar-refractivity contribution in [3.8, 4) is 0 Å². The highest BCUT2D eigenvalue weighted by Gasteiger charge is 2.31. The zero-order chi connectivity index (χ0) is 43.5. The smallest absolute Gasteiger partial charge is 0.431 e. The number of phosphoric ester groups is 1. The van der Waals surface area contributed by atoms with Crippen molar-refractivity contribution in [3.63, 3.8) is 0 Å². The first-order valence-corrected chi connectivity index (χ1v) is 21.8. The fourth-order valence-electron chi connectivity index (χ4n) is 6.19. The van der Waals surface area contributed by atoms with Crippen LogP contribution in [0, 0.1) is 18.8 Å². The van der Waals surface area contributed by atoms with Gasteiger partial charge in [-0.3, -0.25) is 18.4 Å². The van der Waals surface area contributed by atoms with E-state index in [1.807, 2.05) is 117 Å². The summed E-state index contributed by atoms with van der Waals surface area (Å²) >= 11 is 0. The van der Waals surface area contributed by atoms with Crippen LogP contribution in [0.2, 0.25) is 0 Å². The predicted octanol–water partition coefficient (Wildman–Crippen LogP) is 11.2. The van der Waals surface area contributed by atoms with Crippen molar-refractivity contribution >= 4 is 43.0 Å². The summed E-state index contributed by atoms with van der Waals surface area (Å²) in [6, 6.07) is 31.3. The van der Waals surface area contributed by atoms with Crippen molar-refractivity contribution < 1.29 is 46.7 Å². The highest BCUT2D eigenvalue weighted by molar-refractivity contribution is 7.48. The number of anilines is 3. The van der Waals surface area contributed by atoms with Gasteiger partial charge >= 0.3 is 26.0 Å². The number of hydrogen-bond acceptors (Lipinski definition) is 11. The summed E-state index contributed by atoms with van der Waals surface area (Å²) in [5, 5.41) is 5.97. The standard InChI is InChI=1S/C46H60N3O10P/c1-8-39(40-21-24-43(49(27-33(2)3)28-34(4)5)42(25-40)48-45(51)47-41-22-19-35(6)20-23-41)26-44(50)55-32-56-46(52)54-29-36(7)59-60(53,57-30-37-15-11-9-12-16-37)58-31-38-17-13-10-14-18-38/h9-25,33-34,36,39H,8,26-32H2,1-7H3,(H2,47,48,51)/t36?,39-/m0/s1. The summed E-state index contributed by atoms with van der Waals surface area (Å²) in [5.74, 6) is -0.0967. The van der Waals surface area contributed by atoms with Gasteiger partial charge in [0.1, 0.15) is 12.7 Å². The van der Waals surface area contributed by atoms with Gasteiger partial charge < -0.3 is 29.7 Å². The molecule has 14 heteroatoms. The summed E-state index contributed by atoms with van der Waals surface area (Å²) in [6.45, 7) is 14.6. The fourth-order valence-corrected chi connectivity index (χ4v) is 7.50. The van der Waals surface area contributed by atoms with Crippen LogP contribution in [-0.2, 0) is 50.4 Å². The zero-order valence-electron chi connectivity index (χ0n) is 35.8. The van der Waals surface area contributed by atoms with Crippen LogP contribution < -0.4 is 15.5 Å². The lowest BCUT2D eigenvalue weighted by molar-refractivity contribution is -0.154. The SMILES string of the molecule is CC[C@@H](CC(=O)OCOC(=O)OCC(C)OP(=O)(OCc1ccccc1)OCc1ccccc1)c1ccc(N(CC(C)C)CC(C)C)c(NC(=O)Nc2ccc(C)cc2)c1. The number of nitrogens with one attached hydrogen (secondary N) is 2. The van der Waals surface area contributed by atoms with E-state index in [9.17, 15) is 18.9 Å². The van der Waals surface area contributed by atoms with E-state index in [-0.39, 0.29) is 38.2 Å². The molecule has 324 valence electrons. The van der Waals surface area contributed by atoms with Gasteiger partial charge in [0.15, 0.2) is 0 Å². The molecular weight excluding hydrogens is 785 g/mol. The lowest BCUT2D eigenvalue weighted by Gasteiger charge is -2.31. The lowest BCUT2D eigenvalue weighted by atomic mass is 9.92. The van der Waals surface area contributed by atoms with Gasteiger partial charge in [0, 0.05) is 18.8 Å². The summed E-state index contributed by atoms with van der Waals surface area (Å²) in [6.07, 6.45) is -1.43. The largest absolute Gasteiger partial charge is 0.511 e. The molecule has 0 aliphatic rings. The third kappa shape index (κ3) is 16.8. The van der Waals surface area contributed by atoms with E-state index in [0.717, 1.165) is 41.0 Å². The van der Waals surface area contributed by atoms with Crippen LogP contribution in [0.25, 0.3) is 0 Å². The van der Waals surface area contributed by atoms with E-state index in [4.69, 9.17) is 27.8 Å². The van der Waals surface area contributed by atoms with Crippen LogP contribution in [0.15, 0.2) is 103 Å². The molecule has 4 aromatic carbocycles. The first-order valence-electron chi connectivity index (χ1n) is 20.4. The minimum absolute atomic E-state index is 0.00290. The number of rotatable bonds is 23. The molecule has 0 heterocycles. The maximum absolute atomic E-state index is 13.6. The number of phosphoric acid groups is 1. The molecule has 13 nitrogen and oxygen atoms in total. The number of aryl methyl sites for hydroxylation is 1. The summed E-state index contributed by atoms with van der Waals surface area (Å²) in [5.41, 5.74) is 5.62. The molecule has 4 rings (SSSR count). The van der Waals surface area contributed by atoms with Crippen molar-refractivity contribution in [1.29, 1.82) is 0 Å². The van der Waals surface area contributed by atoms with E-state index in [0.29, 0.717) is 29.6 Å². The second kappa shape index (κ2) is 24.2. The molecule has 0 spiro atoms. The van der Waals surface area contributed by atoms with Crippen LogP contribution in [0.1, 0.15) is 82.6 Å². The highest BCUT2D eigenvalue weighted by atomic mass is 31.2. The van der Waals surface area contributed by atoms with Crippen LogP contribution in [0.4, 0.5) is 26.7 Å². The average Bonchev–Trinajstić information content (AvgIpc) is 3.21. The minimum Gasteiger partial charge on any atom is -0.431 e. The quantitative estimate of drug-likeness (QED) is 0.0417. The Morgan fingerprint density at radius 3 is 1.85 bits per heavy atom. The Hall–Kier alpha value is -5.20. The maximum Gasteiger partial charge on any atom is 0.511 e. The Morgan fingerprint density at radius 2 is 1.30 bits per heavy atom. The minimum atomic E-state index is -4.12. The monoisotopic (exact) mass is 845 g/mol. The zero-order valence-corrected chi connectivity index (χ0v) is 36.7. The second-order valence-electron chi connectivity index (χ2n) is 15.4. The molecule has 0 saturated heterocycles. The van der Waals surface area contributed by atoms with Gasteiger partial charge in [-0.2, -0.15) is 0 Å². The molecule has 0 aliphatic carbocycles. The van der Waals surface area contributed by atoms with Gasteiger partial charge in [-0.15, -0.1) is 0 Å². The van der Waals surface area contributed by atoms with Crippen LogP contribution in [0.5, 0.6) is 0 Å². The van der Waals surface area contributed by atoms with Gasteiger partial charge in [-0.05, 0) is 79.0 Å². The third-order valence-corrected chi connectivity index (χ3v) is 10.6. The number of esters is 1. The van der Waals surface area contributed by atoms with Crippen LogP contribution in [-0.4, -0.2) is 50.7 Å². The van der Waals surface area contributed by atoms with Gasteiger partial charge in [-0.25, -0.2) is 14.2 Å². The molecule has 0 bridgehead atoms. The highest BCUT2D eigenvalue weighted by Crippen LogP contribution is 2.52. The Labute approximate surface area is 354 Å². The van der Waals surface area contributed by atoms with E-state index < -0.39 is 32.8 Å². The van der Waals surface area contributed by atoms with Crippen molar-refractivity contribution in [2.75, 3.05) is 42.0 Å². The van der Waals surface area contributed by atoms with Crippen LogP contribution in [0.3, 0.4) is 0 Å². The van der Waals surface area contributed by atoms with E-state index in [1.54, 1.807) is 6.92 Å². The van der Waals surface area contributed by atoms with E-state index in [2.05, 4.69) is 43.2 Å². The van der Waals surface area contributed by atoms with Crippen molar-refractivity contribution in [1.82, 2.24) is 0 Å². The molecule has 2 atom stereocenters. The number of ether oxygens (including phenoxy) is 3. The topological polar surface area (TPSA) is 151 Å². The van der Waals surface area contributed by atoms with Gasteiger partial charge in [-0.1, -0.05) is 119 Å². The molecule has 60 heavy (non-hydrogen) atoms. The van der Waals surface area contributed by atoms with Crippen LogP contribution >= 0.6 is 7.82 Å². The molecule has 4 aromatic rings. The molecule has 0 fully saturated rings. The van der Waals surface area contributed by atoms with Crippen molar-refractivity contribution in [3.05, 3.63) is 125 Å². The molecule has 0 saturated carbocycles. The number of urea groups is 1. The first-order chi connectivity index (χ1) is 28.7. The number of carbonyl (C=O) groups excluding carboxylic acids is 3. The van der Waals surface area contributed by atoms with Gasteiger partial charge in [0.2, 0.25) is 6.79 Å². The maximum atomic E-state index is 13.6. The number of hydrogen-bond donors (Lipinski definition) is 2. The van der Waals surface area contributed by atoms with Gasteiger partial charge in [0.25, 0.3) is 0 Å². The normalized spacial score (nSPS) is 12.4. The molecule has 0 aromatic heterocycles. The summed E-state index contributed by atoms with van der Waals surface area (Å²) in [7, 11) is -4.12. The van der Waals surface area contributed by atoms with Gasteiger partial charge in [0.05, 0.1) is 31.0 Å². The average molecular weight is 846 g/mol. The summed E-state index contributed by atoms with van der Waals surface area (Å²) in [4.78, 5) is 41.0. The fraction of sp³-hybridized carbons (Fsp3) is 0.413. The Kier molecular flexibility index (Phi) is 19.1. The van der Waals surface area contributed by atoms with E-state index in [1.165, 1.54) is 0 Å². The number of carbonyl (C=O) groups is 3. The molecule has 2 amide bonds. The number of amides is 2. The van der Waals surface area contributed by atoms with E-state index >= 15 is 0 Å².